The molecule has 0 N–H and O–H groups in total. The van der Waals surface area contributed by atoms with Crippen molar-refractivity contribution in [2.75, 3.05) is 0 Å². The van der Waals surface area contributed by atoms with Gasteiger partial charge in [0.2, 0.25) is 0 Å². The van der Waals surface area contributed by atoms with Gasteiger partial charge in [-0.05, 0) is 41.5 Å². The van der Waals surface area contributed by atoms with E-state index in [1.807, 2.05) is 24.4 Å². The van der Waals surface area contributed by atoms with Crippen molar-refractivity contribution in [1.29, 1.82) is 5.26 Å². The molecule has 1 aromatic heterocycles. The Hall–Kier alpha value is -1.33. The second-order valence-electron chi connectivity index (χ2n) is 2.74. The SMILES string of the molecule is Cc1cc2sccc2cc1C#N. The largest absolute Gasteiger partial charge is 0.192 e. The van der Waals surface area contributed by atoms with Crippen molar-refractivity contribution in [2.45, 2.75) is 6.92 Å². The van der Waals surface area contributed by atoms with Gasteiger partial charge in [0, 0.05) is 4.70 Å². The minimum atomic E-state index is 0.779. The number of nitriles is 1. The summed E-state index contributed by atoms with van der Waals surface area (Å²) < 4.78 is 1.26. The van der Waals surface area contributed by atoms with E-state index in [9.17, 15) is 0 Å². The third kappa shape index (κ3) is 0.992. The van der Waals surface area contributed by atoms with E-state index < -0.39 is 0 Å². The molecule has 0 spiro atoms. The molecular formula is C10H7NS. The summed E-state index contributed by atoms with van der Waals surface area (Å²) in [4.78, 5) is 0. The molecule has 58 valence electrons. The molecule has 0 bridgehead atoms. The van der Waals surface area contributed by atoms with Crippen LogP contribution in [0.1, 0.15) is 11.1 Å². The molecule has 2 rings (SSSR count). The maximum atomic E-state index is 8.77. The second kappa shape index (κ2) is 2.62. The van der Waals surface area contributed by atoms with Crippen LogP contribution in [-0.2, 0) is 0 Å². The highest BCUT2D eigenvalue weighted by Crippen LogP contribution is 2.23. The van der Waals surface area contributed by atoms with Gasteiger partial charge in [-0.3, -0.25) is 0 Å². The average Bonchev–Trinajstić information content (AvgIpc) is 2.49. The number of hydrogen-bond donors (Lipinski definition) is 0. The first kappa shape index (κ1) is 7.33. The summed E-state index contributed by atoms with van der Waals surface area (Å²) in [7, 11) is 0. The zero-order valence-corrected chi connectivity index (χ0v) is 7.48. The van der Waals surface area contributed by atoms with E-state index in [0.29, 0.717) is 0 Å². The normalized spacial score (nSPS) is 10.0. The van der Waals surface area contributed by atoms with Gasteiger partial charge in [-0.25, -0.2) is 0 Å². The summed E-state index contributed by atoms with van der Waals surface area (Å²) in [6, 6.07) is 8.24. The van der Waals surface area contributed by atoms with E-state index in [0.717, 1.165) is 11.1 Å². The van der Waals surface area contributed by atoms with E-state index in [4.69, 9.17) is 5.26 Å². The first-order valence-corrected chi connectivity index (χ1v) is 4.57. The summed E-state index contributed by atoms with van der Waals surface area (Å²) in [5, 5.41) is 12.0. The minimum Gasteiger partial charge on any atom is -0.192 e. The fourth-order valence-electron chi connectivity index (χ4n) is 1.23. The van der Waals surface area contributed by atoms with Crippen LogP contribution in [0.25, 0.3) is 10.1 Å². The Kier molecular flexibility index (Phi) is 1.60. The quantitative estimate of drug-likeness (QED) is 0.600. The molecule has 1 aromatic carbocycles. The maximum Gasteiger partial charge on any atom is 0.0994 e. The number of rotatable bonds is 0. The van der Waals surface area contributed by atoms with E-state index in [1.54, 1.807) is 11.3 Å². The summed E-state index contributed by atoms with van der Waals surface area (Å²) in [6.45, 7) is 1.97. The lowest BCUT2D eigenvalue weighted by molar-refractivity contribution is 1.42. The average molecular weight is 173 g/mol. The van der Waals surface area contributed by atoms with Crippen LogP contribution in [0.15, 0.2) is 23.6 Å². The molecule has 2 aromatic rings. The highest BCUT2D eigenvalue weighted by Gasteiger charge is 2.00. The van der Waals surface area contributed by atoms with E-state index >= 15 is 0 Å². The lowest BCUT2D eigenvalue weighted by Gasteiger charge is -1.95. The monoisotopic (exact) mass is 173 g/mol. The molecule has 0 radical (unpaired) electrons. The fourth-order valence-corrected chi connectivity index (χ4v) is 2.10. The number of thiophene rings is 1. The number of hydrogen-bond acceptors (Lipinski definition) is 2. The number of aryl methyl sites for hydroxylation is 1. The Morgan fingerprint density at radius 2 is 2.25 bits per heavy atom. The van der Waals surface area contributed by atoms with Gasteiger partial charge in [0.05, 0.1) is 11.6 Å². The van der Waals surface area contributed by atoms with E-state index in [1.165, 1.54) is 10.1 Å². The molecule has 0 saturated carbocycles. The molecule has 0 fully saturated rings. The van der Waals surface area contributed by atoms with Crippen molar-refractivity contribution in [1.82, 2.24) is 0 Å². The molecule has 1 heterocycles. The third-order valence-corrected chi connectivity index (χ3v) is 2.80. The van der Waals surface area contributed by atoms with Gasteiger partial charge in [0.15, 0.2) is 0 Å². The first-order valence-electron chi connectivity index (χ1n) is 3.69. The fraction of sp³-hybridized carbons (Fsp3) is 0.100. The van der Waals surface area contributed by atoms with Crippen LogP contribution < -0.4 is 0 Å². The molecule has 2 heteroatoms. The molecule has 0 aliphatic carbocycles. The topological polar surface area (TPSA) is 23.8 Å². The molecule has 0 saturated heterocycles. The number of nitrogens with zero attached hydrogens (tertiary/aromatic N) is 1. The van der Waals surface area contributed by atoms with Gasteiger partial charge in [0.1, 0.15) is 0 Å². The highest BCUT2D eigenvalue weighted by atomic mass is 32.1. The predicted octanol–water partition coefficient (Wildman–Crippen LogP) is 3.08. The van der Waals surface area contributed by atoms with Crippen LogP contribution in [0, 0.1) is 18.3 Å². The predicted molar refractivity (Wildman–Crippen MR) is 51.3 cm³/mol. The first-order chi connectivity index (χ1) is 5.81. The summed E-state index contributed by atoms with van der Waals surface area (Å²) in [5.41, 5.74) is 1.84. The Labute approximate surface area is 74.9 Å². The molecule has 1 nitrogen and oxygen atoms in total. The van der Waals surface area contributed by atoms with Gasteiger partial charge >= 0.3 is 0 Å². The van der Waals surface area contributed by atoms with Crippen LogP contribution in [0.4, 0.5) is 0 Å². The van der Waals surface area contributed by atoms with Gasteiger partial charge in [-0.15, -0.1) is 11.3 Å². The second-order valence-corrected chi connectivity index (χ2v) is 3.69. The standard InChI is InChI=1S/C10H7NS/c1-7-4-10-8(2-3-12-10)5-9(7)6-11/h2-5H,1H3. The van der Waals surface area contributed by atoms with Gasteiger partial charge in [-0.2, -0.15) is 5.26 Å². The Balaban J connectivity index is 2.84. The Morgan fingerprint density at radius 3 is 3.00 bits per heavy atom. The molecule has 0 amide bonds. The molecule has 0 aliphatic rings. The summed E-state index contributed by atoms with van der Waals surface area (Å²) in [5.74, 6) is 0. The Morgan fingerprint density at radius 1 is 1.42 bits per heavy atom. The minimum absolute atomic E-state index is 0.779. The Bertz CT molecular complexity index is 462. The molecular weight excluding hydrogens is 166 g/mol. The van der Waals surface area contributed by atoms with Crippen molar-refractivity contribution < 1.29 is 0 Å². The lowest BCUT2D eigenvalue weighted by Crippen LogP contribution is -1.79. The molecule has 0 atom stereocenters. The van der Waals surface area contributed by atoms with Crippen LogP contribution >= 0.6 is 11.3 Å². The van der Waals surface area contributed by atoms with Crippen LogP contribution in [0.2, 0.25) is 0 Å². The smallest absolute Gasteiger partial charge is 0.0994 e. The van der Waals surface area contributed by atoms with Crippen molar-refractivity contribution in [3.8, 4) is 6.07 Å². The summed E-state index contributed by atoms with van der Waals surface area (Å²) >= 11 is 1.71. The summed E-state index contributed by atoms with van der Waals surface area (Å²) in [6.07, 6.45) is 0. The van der Waals surface area contributed by atoms with Gasteiger partial charge < -0.3 is 0 Å². The number of benzene rings is 1. The third-order valence-electron chi connectivity index (χ3n) is 1.92. The van der Waals surface area contributed by atoms with Crippen LogP contribution in [-0.4, -0.2) is 0 Å². The zero-order valence-electron chi connectivity index (χ0n) is 6.66. The molecule has 12 heavy (non-hydrogen) atoms. The maximum absolute atomic E-state index is 8.77. The van der Waals surface area contributed by atoms with Crippen molar-refractivity contribution in [2.24, 2.45) is 0 Å². The van der Waals surface area contributed by atoms with Crippen LogP contribution in [0.3, 0.4) is 0 Å². The van der Waals surface area contributed by atoms with E-state index in [2.05, 4.69) is 12.1 Å². The molecule has 0 unspecified atom stereocenters. The lowest BCUT2D eigenvalue weighted by atomic mass is 10.1. The van der Waals surface area contributed by atoms with Crippen molar-refractivity contribution in [3.63, 3.8) is 0 Å². The van der Waals surface area contributed by atoms with Crippen molar-refractivity contribution >= 4 is 21.4 Å². The zero-order chi connectivity index (χ0) is 8.55. The number of fused-ring (bicyclic) bond motifs is 1. The van der Waals surface area contributed by atoms with Crippen molar-refractivity contribution in [3.05, 3.63) is 34.7 Å². The van der Waals surface area contributed by atoms with Crippen LogP contribution in [0.5, 0.6) is 0 Å². The van der Waals surface area contributed by atoms with Gasteiger partial charge in [0.25, 0.3) is 0 Å². The molecule has 0 aliphatic heterocycles. The highest BCUT2D eigenvalue weighted by molar-refractivity contribution is 7.17. The van der Waals surface area contributed by atoms with Gasteiger partial charge in [-0.1, -0.05) is 0 Å². The van der Waals surface area contributed by atoms with E-state index in [-0.39, 0.29) is 0 Å².